The van der Waals surface area contributed by atoms with Gasteiger partial charge in [-0.15, -0.1) is 0 Å². The minimum absolute atomic E-state index is 0.196. The number of benzene rings is 1. The molecule has 0 spiro atoms. The van der Waals surface area contributed by atoms with Crippen LogP contribution >= 0.6 is 0 Å². The number of carbonyl (C=O) groups excluding carboxylic acids is 3. The number of hydrogen-bond acceptors (Lipinski definition) is 4. The van der Waals surface area contributed by atoms with E-state index in [1.165, 1.54) is 0 Å². The van der Waals surface area contributed by atoms with Crippen LogP contribution in [0.4, 0.5) is 4.79 Å². The average molecular weight is 448 g/mol. The summed E-state index contributed by atoms with van der Waals surface area (Å²) in [4.78, 5) is 47.0. The lowest BCUT2D eigenvalue weighted by atomic mass is 9.94. The highest BCUT2D eigenvalue weighted by Gasteiger charge is 2.49. The minimum atomic E-state index is -1.12. The molecule has 0 fully saturated rings. The molecule has 0 bridgehead atoms. The molecule has 1 atom stereocenters. The van der Waals surface area contributed by atoms with E-state index in [4.69, 9.17) is 0 Å². The van der Waals surface area contributed by atoms with Crippen LogP contribution in [-0.2, 0) is 16.1 Å². The minimum Gasteiger partial charge on any atom is -0.348 e. The number of urea groups is 1. The van der Waals surface area contributed by atoms with Gasteiger partial charge in [-0.3, -0.25) is 19.5 Å². The van der Waals surface area contributed by atoms with Crippen molar-refractivity contribution in [1.82, 2.24) is 25.4 Å². The molecule has 0 aliphatic carbocycles. The molecule has 33 heavy (non-hydrogen) atoms. The van der Waals surface area contributed by atoms with Gasteiger partial charge < -0.3 is 15.5 Å². The first kappa shape index (κ1) is 22.5. The highest BCUT2D eigenvalue weighted by atomic mass is 16.2. The van der Waals surface area contributed by atoms with E-state index in [1.807, 2.05) is 56.3 Å². The standard InChI is InChI=1S/C25H29N5O3/c1-5-29-19-15-30(25(3,4)23(32)27-14-18-8-6-7-13-26-18)22(31)20(19)21(28-24(29)33)17-11-9-16(2)10-12-17/h6-13,21H,5,14-15H2,1-4H3,(H,27,32)(H,28,33)/t21-/m1/s1. The van der Waals surface area contributed by atoms with Gasteiger partial charge in [0.2, 0.25) is 5.91 Å². The summed E-state index contributed by atoms with van der Waals surface area (Å²) in [5, 5.41) is 5.87. The van der Waals surface area contributed by atoms with Crippen LogP contribution in [0, 0.1) is 6.92 Å². The molecule has 3 heterocycles. The van der Waals surface area contributed by atoms with Crippen molar-refractivity contribution in [2.45, 2.75) is 45.8 Å². The summed E-state index contributed by atoms with van der Waals surface area (Å²) in [6.45, 7) is 8.20. The first-order chi connectivity index (χ1) is 15.7. The summed E-state index contributed by atoms with van der Waals surface area (Å²) < 4.78 is 0. The van der Waals surface area contributed by atoms with E-state index >= 15 is 0 Å². The molecular weight excluding hydrogens is 418 g/mol. The maximum atomic E-state index is 13.7. The third-order valence-electron chi connectivity index (χ3n) is 6.34. The SMILES string of the molecule is CCN1C(=O)N[C@H](c2ccc(C)cc2)C2=C1CN(C(C)(C)C(=O)NCc1ccccn1)C2=O. The van der Waals surface area contributed by atoms with Crippen molar-refractivity contribution in [2.24, 2.45) is 0 Å². The Morgan fingerprint density at radius 1 is 1.18 bits per heavy atom. The number of aryl methyl sites for hydroxylation is 1. The molecule has 1 aromatic heterocycles. The molecule has 4 rings (SSSR count). The Kier molecular flexibility index (Phi) is 5.93. The zero-order valence-electron chi connectivity index (χ0n) is 19.4. The van der Waals surface area contributed by atoms with Gasteiger partial charge in [0, 0.05) is 12.7 Å². The number of rotatable bonds is 6. The summed E-state index contributed by atoms with van der Waals surface area (Å²) >= 11 is 0. The predicted molar refractivity (Wildman–Crippen MR) is 124 cm³/mol. The molecule has 2 N–H and O–H groups in total. The Labute approximate surface area is 193 Å². The zero-order valence-corrected chi connectivity index (χ0v) is 19.4. The molecule has 0 saturated heterocycles. The Morgan fingerprint density at radius 3 is 2.55 bits per heavy atom. The molecule has 8 nitrogen and oxygen atoms in total. The maximum absolute atomic E-state index is 13.7. The first-order valence-corrected chi connectivity index (χ1v) is 11.1. The predicted octanol–water partition coefficient (Wildman–Crippen LogP) is 2.67. The van der Waals surface area contributed by atoms with Gasteiger partial charge in [-0.25, -0.2) is 4.79 Å². The van der Waals surface area contributed by atoms with E-state index in [0.29, 0.717) is 17.8 Å². The van der Waals surface area contributed by atoms with E-state index in [9.17, 15) is 14.4 Å². The van der Waals surface area contributed by atoms with Gasteiger partial charge in [0.15, 0.2) is 0 Å². The van der Waals surface area contributed by atoms with Crippen LogP contribution in [0.15, 0.2) is 59.9 Å². The Balaban J connectivity index is 1.61. The molecule has 0 saturated carbocycles. The molecule has 2 aliphatic heterocycles. The van der Waals surface area contributed by atoms with Crippen molar-refractivity contribution in [2.75, 3.05) is 13.1 Å². The number of amides is 4. The number of carbonyl (C=O) groups is 3. The molecule has 1 aromatic carbocycles. The smallest absolute Gasteiger partial charge is 0.322 e. The van der Waals surface area contributed by atoms with Gasteiger partial charge in [-0.1, -0.05) is 35.9 Å². The Bertz CT molecular complexity index is 1110. The van der Waals surface area contributed by atoms with Crippen molar-refractivity contribution >= 4 is 17.8 Å². The molecule has 2 aliphatic rings. The van der Waals surface area contributed by atoms with Crippen LogP contribution < -0.4 is 10.6 Å². The molecule has 0 unspecified atom stereocenters. The third-order valence-corrected chi connectivity index (χ3v) is 6.34. The number of pyridine rings is 1. The number of nitrogens with one attached hydrogen (secondary N) is 2. The lowest BCUT2D eigenvalue weighted by molar-refractivity contribution is -0.141. The van der Waals surface area contributed by atoms with Gasteiger partial charge in [0.05, 0.1) is 36.1 Å². The highest BCUT2D eigenvalue weighted by Crippen LogP contribution is 2.38. The Hall–Kier alpha value is -3.68. The molecule has 0 radical (unpaired) electrons. The van der Waals surface area contributed by atoms with Crippen LogP contribution in [0.1, 0.15) is 43.6 Å². The fraction of sp³-hybridized carbons (Fsp3) is 0.360. The maximum Gasteiger partial charge on any atom is 0.322 e. The number of nitrogens with zero attached hydrogens (tertiary/aromatic N) is 3. The highest BCUT2D eigenvalue weighted by molar-refractivity contribution is 6.04. The van der Waals surface area contributed by atoms with E-state index in [2.05, 4.69) is 15.6 Å². The number of aromatic nitrogens is 1. The first-order valence-electron chi connectivity index (χ1n) is 11.1. The number of hydrogen-bond donors (Lipinski definition) is 2. The van der Waals surface area contributed by atoms with Crippen LogP contribution in [0.25, 0.3) is 0 Å². The molecule has 2 aromatic rings. The second-order valence-corrected chi connectivity index (χ2v) is 8.85. The summed E-state index contributed by atoms with van der Waals surface area (Å²) in [7, 11) is 0. The Morgan fingerprint density at radius 2 is 1.91 bits per heavy atom. The van der Waals surface area contributed by atoms with Crippen molar-refractivity contribution in [1.29, 1.82) is 0 Å². The lowest BCUT2D eigenvalue weighted by Gasteiger charge is -2.34. The van der Waals surface area contributed by atoms with Gasteiger partial charge in [-0.05, 0) is 45.4 Å². The average Bonchev–Trinajstić information content (AvgIpc) is 3.16. The number of likely N-dealkylation sites (N-methyl/N-ethyl adjacent to an activating group) is 1. The fourth-order valence-corrected chi connectivity index (χ4v) is 4.30. The monoisotopic (exact) mass is 447 g/mol. The fourth-order valence-electron chi connectivity index (χ4n) is 4.30. The van der Waals surface area contributed by atoms with E-state index in [0.717, 1.165) is 16.8 Å². The lowest BCUT2D eigenvalue weighted by Crippen LogP contribution is -2.56. The summed E-state index contributed by atoms with van der Waals surface area (Å²) in [5.41, 5.74) is 2.72. The zero-order chi connectivity index (χ0) is 23.8. The van der Waals surface area contributed by atoms with Crippen LogP contribution in [-0.4, -0.2) is 51.3 Å². The van der Waals surface area contributed by atoms with E-state index in [1.54, 1.807) is 29.8 Å². The van der Waals surface area contributed by atoms with E-state index in [-0.39, 0.29) is 30.9 Å². The normalized spacial score (nSPS) is 18.4. The quantitative estimate of drug-likeness (QED) is 0.712. The van der Waals surface area contributed by atoms with Crippen molar-refractivity contribution in [3.63, 3.8) is 0 Å². The largest absolute Gasteiger partial charge is 0.348 e. The second kappa shape index (κ2) is 8.69. The molecular formula is C25H29N5O3. The summed E-state index contributed by atoms with van der Waals surface area (Å²) in [6.07, 6.45) is 1.67. The second-order valence-electron chi connectivity index (χ2n) is 8.85. The van der Waals surface area contributed by atoms with Crippen molar-refractivity contribution < 1.29 is 14.4 Å². The summed E-state index contributed by atoms with van der Waals surface area (Å²) in [5.74, 6) is -0.525. The molecule has 4 amide bonds. The van der Waals surface area contributed by atoms with Crippen LogP contribution in [0.3, 0.4) is 0 Å². The van der Waals surface area contributed by atoms with E-state index < -0.39 is 11.6 Å². The van der Waals surface area contributed by atoms with Gasteiger partial charge in [-0.2, -0.15) is 0 Å². The van der Waals surface area contributed by atoms with Crippen LogP contribution in [0.2, 0.25) is 0 Å². The van der Waals surface area contributed by atoms with Gasteiger partial charge in [0.1, 0.15) is 5.54 Å². The molecule has 172 valence electrons. The van der Waals surface area contributed by atoms with Crippen molar-refractivity contribution in [3.8, 4) is 0 Å². The molecule has 8 heteroatoms. The topological polar surface area (TPSA) is 94.6 Å². The van der Waals surface area contributed by atoms with Gasteiger partial charge >= 0.3 is 6.03 Å². The summed E-state index contributed by atoms with van der Waals surface area (Å²) in [6, 6.07) is 12.5. The van der Waals surface area contributed by atoms with Crippen LogP contribution in [0.5, 0.6) is 0 Å². The third kappa shape index (κ3) is 4.08. The van der Waals surface area contributed by atoms with Crippen molar-refractivity contribution in [3.05, 3.63) is 76.8 Å². The van der Waals surface area contributed by atoms with Gasteiger partial charge in [0.25, 0.3) is 5.91 Å².